The van der Waals surface area contributed by atoms with Gasteiger partial charge in [-0.3, -0.25) is 4.79 Å². The van der Waals surface area contributed by atoms with Crippen molar-refractivity contribution in [2.24, 2.45) is 0 Å². The van der Waals surface area contributed by atoms with Crippen LogP contribution in [0.1, 0.15) is 12.0 Å². The van der Waals surface area contributed by atoms with Gasteiger partial charge in [-0.1, -0.05) is 18.2 Å². The van der Waals surface area contributed by atoms with E-state index in [0.29, 0.717) is 19.4 Å². The molecule has 0 radical (unpaired) electrons. The summed E-state index contributed by atoms with van der Waals surface area (Å²) in [5.41, 5.74) is 0.977. The highest BCUT2D eigenvalue weighted by Gasteiger charge is 2.15. The molecule has 2 rings (SSSR count). The number of hydrogen-bond donors (Lipinski definition) is 2. The zero-order valence-electron chi connectivity index (χ0n) is 11.7. The number of aliphatic hydroxyl groups is 1. The van der Waals surface area contributed by atoms with Crippen LogP contribution in [0.15, 0.2) is 24.3 Å². The quantitative estimate of drug-likeness (QED) is 0.792. The van der Waals surface area contributed by atoms with Crippen LogP contribution < -0.4 is 10.1 Å². The number of aliphatic hydroxyl groups excluding tert-OH is 1. The lowest BCUT2D eigenvalue weighted by molar-refractivity contribution is -0.132. The first-order valence-electron chi connectivity index (χ1n) is 7.11. The first kappa shape index (κ1) is 14.8. The van der Waals surface area contributed by atoms with E-state index in [9.17, 15) is 4.79 Å². The van der Waals surface area contributed by atoms with Gasteiger partial charge in [0.2, 0.25) is 5.91 Å². The molecule has 1 saturated heterocycles. The second kappa shape index (κ2) is 7.87. The van der Waals surface area contributed by atoms with Crippen molar-refractivity contribution in [1.29, 1.82) is 0 Å². The fraction of sp³-hybridized carbons (Fsp3) is 0.533. The van der Waals surface area contributed by atoms with E-state index in [2.05, 4.69) is 5.32 Å². The lowest BCUT2D eigenvalue weighted by Crippen LogP contribution is -2.46. The summed E-state index contributed by atoms with van der Waals surface area (Å²) < 4.78 is 5.68. The third kappa shape index (κ3) is 4.21. The minimum Gasteiger partial charge on any atom is -0.493 e. The van der Waals surface area contributed by atoms with Gasteiger partial charge in [0.25, 0.3) is 0 Å². The van der Waals surface area contributed by atoms with Crippen molar-refractivity contribution in [1.82, 2.24) is 10.2 Å². The summed E-state index contributed by atoms with van der Waals surface area (Å²) in [5.74, 6) is 0.904. The fourth-order valence-corrected chi connectivity index (χ4v) is 2.29. The summed E-state index contributed by atoms with van der Waals surface area (Å²) in [6, 6.07) is 7.63. The Kier molecular flexibility index (Phi) is 5.83. The number of nitrogens with zero attached hydrogens (tertiary/aromatic N) is 1. The number of hydrogen-bond acceptors (Lipinski definition) is 4. The summed E-state index contributed by atoms with van der Waals surface area (Å²) in [4.78, 5) is 13.9. The number of para-hydroxylation sites is 1. The number of carbonyl (C=O) groups excluding carboxylic acids is 1. The maximum atomic E-state index is 12.0. The van der Waals surface area contributed by atoms with Gasteiger partial charge in [-0.05, 0) is 18.1 Å². The van der Waals surface area contributed by atoms with Crippen LogP contribution in [0, 0.1) is 0 Å². The molecule has 0 aliphatic carbocycles. The number of carbonyl (C=O) groups is 1. The lowest BCUT2D eigenvalue weighted by Gasteiger charge is -2.27. The predicted octanol–water partition coefficient (Wildman–Crippen LogP) is 0.422. The summed E-state index contributed by atoms with van der Waals surface area (Å²) >= 11 is 0. The zero-order valence-corrected chi connectivity index (χ0v) is 11.7. The lowest BCUT2D eigenvalue weighted by atomic mass is 10.1. The maximum absolute atomic E-state index is 12.0. The van der Waals surface area contributed by atoms with Gasteiger partial charge in [0.15, 0.2) is 0 Å². The molecule has 2 N–H and O–H groups in total. The molecule has 0 unspecified atom stereocenters. The van der Waals surface area contributed by atoms with E-state index >= 15 is 0 Å². The summed E-state index contributed by atoms with van der Waals surface area (Å²) in [7, 11) is 0. The van der Waals surface area contributed by atoms with Crippen molar-refractivity contribution < 1.29 is 14.6 Å². The minimum atomic E-state index is 0.0973. The normalized spacial score (nSPS) is 15.2. The number of rotatable bonds is 6. The molecular formula is C15H22N2O3. The van der Waals surface area contributed by atoms with E-state index in [-0.39, 0.29) is 12.5 Å². The average Bonchev–Trinajstić information content (AvgIpc) is 2.50. The maximum Gasteiger partial charge on any atom is 0.226 e. The monoisotopic (exact) mass is 278 g/mol. The van der Waals surface area contributed by atoms with Gasteiger partial charge in [-0.15, -0.1) is 0 Å². The standard InChI is InChI=1S/C15H22N2O3/c18-11-5-13-3-1-2-4-14(13)20-12-6-15(19)17-9-7-16-8-10-17/h1-4,16,18H,5-12H2. The Hall–Kier alpha value is -1.59. The molecule has 1 aromatic carbocycles. The molecule has 20 heavy (non-hydrogen) atoms. The minimum absolute atomic E-state index is 0.0973. The third-order valence-corrected chi connectivity index (χ3v) is 3.40. The van der Waals surface area contributed by atoms with Crippen LogP contribution in [-0.4, -0.2) is 55.3 Å². The van der Waals surface area contributed by atoms with Crippen molar-refractivity contribution in [2.45, 2.75) is 12.8 Å². The molecule has 0 bridgehead atoms. The van der Waals surface area contributed by atoms with Gasteiger partial charge < -0.3 is 20.1 Å². The van der Waals surface area contributed by atoms with Gasteiger partial charge in [0.05, 0.1) is 13.0 Å². The molecular weight excluding hydrogens is 256 g/mol. The number of piperazine rings is 1. The Labute approximate surface area is 119 Å². The van der Waals surface area contributed by atoms with Crippen LogP contribution in [0.2, 0.25) is 0 Å². The van der Waals surface area contributed by atoms with Gasteiger partial charge in [0, 0.05) is 32.8 Å². The van der Waals surface area contributed by atoms with Crippen molar-refractivity contribution in [2.75, 3.05) is 39.4 Å². The number of benzene rings is 1. The molecule has 1 amide bonds. The Morgan fingerprint density at radius 3 is 2.80 bits per heavy atom. The fourth-order valence-electron chi connectivity index (χ4n) is 2.29. The second-order valence-electron chi connectivity index (χ2n) is 4.81. The van der Waals surface area contributed by atoms with Crippen LogP contribution in [-0.2, 0) is 11.2 Å². The number of ether oxygens (including phenoxy) is 1. The van der Waals surface area contributed by atoms with E-state index in [1.807, 2.05) is 29.2 Å². The largest absolute Gasteiger partial charge is 0.493 e. The van der Waals surface area contributed by atoms with Crippen LogP contribution in [0.3, 0.4) is 0 Å². The van der Waals surface area contributed by atoms with Gasteiger partial charge in [-0.2, -0.15) is 0 Å². The van der Waals surface area contributed by atoms with Gasteiger partial charge >= 0.3 is 0 Å². The Morgan fingerprint density at radius 1 is 1.30 bits per heavy atom. The van der Waals surface area contributed by atoms with E-state index in [4.69, 9.17) is 9.84 Å². The number of nitrogens with one attached hydrogen (secondary N) is 1. The van der Waals surface area contributed by atoms with E-state index in [1.54, 1.807) is 0 Å². The molecule has 110 valence electrons. The van der Waals surface area contributed by atoms with Crippen LogP contribution in [0.25, 0.3) is 0 Å². The predicted molar refractivity (Wildman–Crippen MR) is 76.8 cm³/mol. The highest BCUT2D eigenvalue weighted by Crippen LogP contribution is 2.18. The Morgan fingerprint density at radius 2 is 2.05 bits per heavy atom. The smallest absolute Gasteiger partial charge is 0.226 e. The van der Waals surface area contributed by atoms with Gasteiger partial charge in [-0.25, -0.2) is 0 Å². The molecule has 1 aliphatic rings. The molecule has 1 heterocycles. The van der Waals surface area contributed by atoms with E-state index in [1.165, 1.54) is 0 Å². The van der Waals surface area contributed by atoms with Crippen LogP contribution >= 0.6 is 0 Å². The van der Waals surface area contributed by atoms with E-state index in [0.717, 1.165) is 37.5 Å². The highest BCUT2D eigenvalue weighted by molar-refractivity contribution is 5.76. The van der Waals surface area contributed by atoms with Gasteiger partial charge in [0.1, 0.15) is 5.75 Å². The topological polar surface area (TPSA) is 61.8 Å². The second-order valence-corrected chi connectivity index (χ2v) is 4.81. The van der Waals surface area contributed by atoms with Crippen molar-refractivity contribution in [3.63, 3.8) is 0 Å². The van der Waals surface area contributed by atoms with Crippen LogP contribution in [0.4, 0.5) is 0 Å². The third-order valence-electron chi connectivity index (χ3n) is 3.40. The molecule has 0 saturated carbocycles. The molecule has 0 aromatic heterocycles. The van der Waals surface area contributed by atoms with Crippen molar-refractivity contribution >= 4 is 5.91 Å². The summed E-state index contributed by atoms with van der Waals surface area (Å²) in [6.45, 7) is 3.77. The van der Waals surface area contributed by atoms with Crippen LogP contribution in [0.5, 0.6) is 5.75 Å². The molecule has 1 aliphatic heterocycles. The molecule has 1 fully saturated rings. The SMILES string of the molecule is O=C(CCOc1ccccc1CCO)N1CCNCC1. The Bertz CT molecular complexity index is 431. The molecule has 0 spiro atoms. The number of amides is 1. The average molecular weight is 278 g/mol. The first-order chi connectivity index (χ1) is 9.81. The summed E-state index contributed by atoms with van der Waals surface area (Å²) in [6.07, 6.45) is 0.968. The highest BCUT2D eigenvalue weighted by atomic mass is 16.5. The van der Waals surface area contributed by atoms with Crippen molar-refractivity contribution in [3.05, 3.63) is 29.8 Å². The summed E-state index contributed by atoms with van der Waals surface area (Å²) in [5, 5.41) is 12.2. The van der Waals surface area contributed by atoms with E-state index < -0.39 is 0 Å². The first-order valence-corrected chi connectivity index (χ1v) is 7.11. The zero-order chi connectivity index (χ0) is 14.2. The molecule has 5 heteroatoms. The molecule has 0 atom stereocenters. The van der Waals surface area contributed by atoms with Crippen molar-refractivity contribution in [3.8, 4) is 5.75 Å². The Balaban J connectivity index is 1.79. The molecule has 1 aromatic rings. The molecule has 5 nitrogen and oxygen atoms in total.